The minimum atomic E-state index is -0.930. The van der Waals surface area contributed by atoms with Crippen LogP contribution in [0.5, 0.6) is 5.75 Å². The van der Waals surface area contributed by atoms with Crippen LogP contribution in [0.1, 0.15) is 40.7 Å². The molecular formula is C20H25N3O3. The number of hydrogen-bond acceptors (Lipinski definition) is 5. The van der Waals surface area contributed by atoms with Gasteiger partial charge in [-0.1, -0.05) is 6.07 Å². The number of aliphatic hydroxyl groups is 1. The molecule has 1 aromatic carbocycles. The zero-order chi connectivity index (χ0) is 18.6. The molecule has 26 heavy (non-hydrogen) atoms. The summed E-state index contributed by atoms with van der Waals surface area (Å²) in [5.41, 5.74) is 1.92. The Hall–Kier alpha value is -2.47. The summed E-state index contributed by atoms with van der Waals surface area (Å²) >= 11 is 0. The molecule has 1 atom stereocenters. The number of aromatic nitrogens is 2. The molecule has 0 unspecified atom stereocenters. The third-order valence-electron chi connectivity index (χ3n) is 5.00. The summed E-state index contributed by atoms with van der Waals surface area (Å²) in [6.07, 6.45) is 6.27. The molecule has 1 fully saturated rings. The average molecular weight is 355 g/mol. The summed E-state index contributed by atoms with van der Waals surface area (Å²) in [4.78, 5) is 22.1. The molecule has 0 radical (unpaired) electrons. The lowest BCUT2D eigenvalue weighted by Crippen LogP contribution is -2.38. The Morgan fingerprint density at radius 2 is 1.96 bits per heavy atom. The van der Waals surface area contributed by atoms with Crippen molar-refractivity contribution in [1.82, 2.24) is 14.9 Å². The van der Waals surface area contributed by atoms with Crippen molar-refractivity contribution in [3.05, 3.63) is 53.6 Å². The normalized spacial score (nSPS) is 20.5. The van der Waals surface area contributed by atoms with E-state index in [-0.39, 0.29) is 12.5 Å². The third-order valence-corrected chi connectivity index (χ3v) is 5.00. The van der Waals surface area contributed by atoms with Crippen LogP contribution in [0.15, 0.2) is 36.9 Å². The van der Waals surface area contributed by atoms with Crippen molar-refractivity contribution in [2.75, 3.05) is 19.7 Å². The van der Waals surface area contributed by atoms with Gasteiger partial charge >= 0.3 is 0 Å². The molecule has 6 heteroatoms. The summed E-state index contributed by atoms with van der Waals surface area (Å²) < 4.78 is 5.85. The second-order valence-electron chi connectivity index (χ2n) is 7.03. The summed E-state index contributed by atoms with van der Waals surface area (Å²) in [6.45, 7) is 5.42. The lowest BCUT2D eigenvalue weighted by atomic mass is 9.96. The first-order valence-electron chi connectivity index (χ1n) is 8.94. The number of aryl methyl sites for hydroxylation is 2. The van der Waals surface area contributed by atoms with Crippen LogP contribution >= 0.6 is 0 Å². The lowest BCUT2D eigenvalue weighted by molar-refractivity contribution is -0.0163. The number of rotatable bonds is 4. The van der Waals surface area contributed by atoms with E-state index in [9.17, 15) is 9.90 Å². The third kappa shape index (κ3) is 4.38. The molecule has 0 saturated carbocycles. The second kappa shape index (κ2) is 7.83. The van der Waals surface area contributed by atoms with Crippen LogP contribution in [0.2, 0.25) is 0 Å². The molecule has 1 aliphatic heterocycles. The fraction of sp³-hybridized carbons (Fsp3) is 0.450. The topological polar surface area (TPSA) is 75.6 Å². The molecule has 1 saturated heterocycles. The molecule has 138 valence electrons. The number of likely N-dealkylation sites (tertiary alicyclic amines) is 1. The van der Waals surface area contributed by atoms with Crippen molar-refractivity contribution in [1.29, 1.82) is 0 Å². The van der Waals surface area contributed by atoms with Gasteiger partial charge in [-0.25, -0.2) is 9.97 Å². The van der Waals surface area contributed by atoms with Crippen LogP contribution in [-0.4, -0.2) is 51.2 Å². The van der Waals surface area contributed by atoms with E-state index >= 15 is 0 Å². The molecule has 2 aromatic rings. The van der Waals surface area contributed by atoms with Gasteiger partial charge in [0.1, 0.15) is 24.3 Å². The van der Waals surface area contributed by atoms with E-state index in [0.29, 0.717) is 31.5 Å². The lowest BCUT2D eigenvalue weighted by Gasteiger charge is -2.27. The summed E-state index contributed by atoms with van der Waals surface area (Å²) in [5, 5.41) is 10.9. The van der Waals surface area contributed by atoms with Gasteiger partial charge in [0.15, 0.2) is 0 Å². The van der Waals surface area contributed by atoms with Crippen molar-refractivity contribution in [2.24, 2.45) is 0 Å². The smallest absolute Gasteiger partial charge is 0.256 e. The quantitative estimate of drug-likeness (QED) is 0.912. The van der Waals surface area contributed by atoms with Crippen molar-refractivity contribution in [3.63, 3.8) is 0 Å². The largest absolute Gasteiger partial charge is 0.491 e. The first kappa shape index (κ1) is 18.3. The number of ether oxygens (including phenoxy) is 1. The van der Waals surface area contributed by atoms with E-state index in [1.165, 1.54) is 24.3 Å². The number of carbonyl (C=O) groups is 1. The first-order chi connectivity index (χ1) is 12.5. The number of hydrogen-bond donors (Lipinski definition) is 1. The predicted octanol–water partition coefficient (Wildman–Crippen LogP) is 2.53. The van der Waals surface area contributed by atoms with Crippen LogP contribution in [0.4, 0.5) is 0 Å². The summed E-state index contributed by atoms with van der Waals surface area (Å²) in [7, 11) is 0. The van der Waals surface area contributed by atoms with Crippen molar-refractivity contribution in [3.8, 4) is 5.75 Å². The Kier molecular flexibility index (Phi) is 5.52. The minimum Gasteiger partial charge on any atom is -0.491 e. The zero-order valence-corrected chi connectivity index (χ0v) is 15.3. The molecular weight excluding hydrogens is 330 g/mol. The van der Waals surface area contributed by atoms with Crippen molar-refractivity contribution < 1.29 is 14.6 Å². The van der Waals surface area contributed by atoms with E-state index in [1.807, 2.05) is 25.1 Å². The average Bonchev–Trinajstić information content (AvgIpc) is 2.85. The highest BCUT2D eigenvalue weighted by molar-refractivity contribution is 5.93. The maximum absolute atomic E-state index is 12.5. The van der Waals surface area contributed by atoms with Gasteiger partial charge in [0.25, 0.3) is 5.91 Å². The van der Waals surface area contributed by atoms with Gasteiger partial charge in [-0.05, 0) is 56.4 Å². The Morgan fingerprint density at radius 1 is 1.19 bits per heavy atom. The Bertz CT molecular complexity index is 766. The number of benzene rings is 1. The maximum atomic E-state index is 12.5. The molecule has 6 nitrogen and oxygen atoms in total. The molecule has 3 rings (SSSR count). The van der Waals surface area contributed by atoms with Gasteiger partial charge in [-0.3, -0.25) is 4.79 Å². The van der Waals surface area contributed by atoms with Crippen LogP contribution in [0, 0.1) is 13.8 Å². The van der Waals surface area contributed by atoms with Crippen molar-refractivity contribution in [2.45, 2.75) is 38.7 Å². The molecule has 0 spiro atoms. The van der Waals surface area contributed by atoms with Crippen LogP contribution < -0.4 is 4.74 Å². The van der Waals surface area contributed by atoms with Gasteiger partial charge in [-0.2, -0.15) is 0 Å². The van der Waals surface area contributed by atoms with Crippen LogP contribution in [-0.2, 0) is 0 Å². The first-order valence-corrected chi connectivity index (χ1v) is 8.94. The predicted molar refractivity (Wildman–Crippen MR) is 98.1 cm³/mol. The van der Waals surface area contributed by atoms with Gasteiger partial charge in [-0.15, -0.1) is 0 Å². The highest BCUT2D eigenvalue weighted by atomic mass is 16.5. The van der Waals surface area contributed by atoms with Crippen LogP contribution in [0.3, 0.4) is 0 Å². The van der Waals surface area contributed by atoms with Crippen LogP contribution in [0.25, 0.3) is 0 Å². The van der Waals surface area contributed by atoms with E-state index in [4.69, 9.17) is 4.74 Å². The standard InChI is InChI=1S/C20H25N3O3/c1-15-4-5-18(10-16(15)2)26-13-20(25)6-3-8-23(9-7-20)19(24)17-11-21-14-22-12-17/h4-5,10-12,14,25H,3,6-9,13H2,1-2H3/t20-/m0/s1. The maximum Gasteiger partial charge on any atom is 0.256 e. The highest BCUT2D eigenvalue weighted by Crippen LogP contribution is 2.25. The van der Waals surface area contributed by atoms with Gasteiger partial charge in [0, 0.05) is 25.5 Å². The number of carbonyl (C=O) groups excluding carboxylic acids is 1. The fourth-order valence-corrected chi connectivity index (χ4v) is 3.14. The fourth-order valence-electron chi connectivity index (χ4n) is 3.14. The van der Waals surface area contributed by atoms with E-state index in [2.05, 4.69) is 16.9 Å². The second-order valence-corrected chi connectivity index (χ2v) is 7.03. The molecule has 0 aliphatic carbocycles. The molecule has 1 aromatic heterocycles. The zero-order valence-electron chi connectivity index (χ0n) is 15.3. The Labute approximate surface area is 153 Å². The summed E-state index contributed by atoms with van der Waals surface area (Å²) in [6, 6.07) is 5.93. The van der Waals surface area contributed by atoms with Gasteiger partial charge in [0.2, 0.25) is 0 Å². The Balaban J connectivity index is 1.59. The number of amides is 1. The van der Waals surface area contributed by atoms with E-state index in [0.717, 1.165) is 17.7 Å². The molecule has 1 N–H and O–H groups in total. The van der Waals surface area contributed by atoms with Gasteiger partial charge in [0.05, 0.1) is 5.56 Å². The monoisotopic (exact) mass is 355 g/mol. The SMILES string of the molecule is Cc1ccc(OC[C@]2(O)CCCN(C(=O)c3cncnc3)CC2)cc1C. The van der Waals surface area contributed by atoms with Gasteiger partial charge < -0.3 is 14.7 Å². The minimum absolute atomic E-state index is 0.0927. The number of nitrogens with zero attached hydrogens (tertiary/aromatic N) is 3. The molecule has 1 amide bonds. The van der Waals surface area contributed by atoms with Crippen molar-refractivity contribution >= 4 is 5.91 Å². The summed E-state index contributed by atoms with van der Waals surface area (Å²) in [5.74, 6) is 0.671. The van der Waals surface area contributed by atoms with E-state index in [1.54, 1.807) is 4.90 Å². The molecule has 0 bridgehead atoms. The Morgan fingerprint density at radius 3 is 2.69 bits per heavy atom. The highest BCUT2D eigenvalue weighted by Gasteiger charge is 2.32. The van der Waals surface area contributed by atoms with E-state index < -0.39 is 5.60 Å². The molecule has 2 heterocycles. The molecule has 1 aliphatic rings.